The molecule has 194 valence electrons. The van der Waals surface area contributed by atoms with Crippen molar-refractivity contribution in [1.82, 2.24) is 21.1 Å². The Morgan fingerprint density at radius 1 is 1.25 bits per heavy atom. The van der Waals surface area contributed by atoms with E-state index in [9.17, 15) is 9.59 Å². The van der Waals surface area contributed by atoms with Gasteiger partial charge in [0.05, 0.1) is 45.0 Å². The molecule has 4 rings (SSSR count). The van der Waals surface area contributed by atoms with E-state index in [1.807, 2.05) is 0 Å². The smallest absolute Gasteiger partial charge is 0.414 e. The SMILES string of the molecule is COC(=S)NC[C@H]1CN(c2cc(F)c(N3CCNN(C(=O)NCc4ccoc4)CC3)c(F)c2)C(=O)O1. The number of hydrogen-bond acceptors (Lipinski definition) is 8. The minimum absolute atomic E-state index is 0.0452. The Morgan fingerprint density at radius 3 is 2.72 bits per heavy atom. The van der Waals surface area contributed by atoms with Crippen LogP contribution in [0.3, 0.4) is 0 Å². The first-order valence-corrected chi connectivity index (χ1v) is 11.6. The van der Waals surface area contributed by atoms with Gasteiger partial charge in [-0.05, 0) is 18.3 Å². The molecule has 3 N–H and O–H groups in total. The Hall–Kier alpha value is -3.65. The van der Waals surface area contributed by atoms with Crippen molar-refractivity contribution in [2.45, 2.75) is 12.6 Å². The number of methoxy groups -OCH3 is 1. The number of benzene rings is 1. The molecule has 0 unspecified atom stereocenters. The van der Waals surface area contributed by atoms with Crippen LogP contribution in [0.15, 0.2) is 35.1 Å². The van der Waals surface area contributed by atoms with E-state index >= 15 is 8.78 Å². The number of rotatable bonds is 6. The largest absolute Gasteiger partial charge is 0.474 e. The number of amides is 3. The van der Waals surface area contributed by atoms with Crippen LogP contribution in [0.25, 0.3) is 0 Å². The molecular weight excluding hydrogens is 498 g/mol. The van der Waals surface area contributed by atoms with Crippen molar-refractivity contribution in [2.24, 2.45) is 0 Å². The highest BCUT2D eigenvalue weighted by atomic mass is 32.1. The lowest BCUT2D eigenvalue weighted by molar-refractivity contribution is 0.142. The normalized spacial score (nSPS) is 18.0. The molecule has 2 aliphatic rings. The summed E-state index contributed by atoms with van der Waals surface area (Å²) in [6.07, 6.45) is 1.76. The summed E-state index contributed by atoms with van der Waals surface area (Å²) in [6, 6.07) is 3.58. The third-order valence-corrected chi connectivity index (χ3v) is 6.02. The first-order chi connectivity index (χ1) is 17.4. The van der Waals surface area contributed by atoms with Gasteiger partial charge in [-0.1, -0.05) is 0 Å². The number of thiocarbonyl (C=S) groups is 1. The number of carbonyl (C=O) groups is 2. The summed E-state index contributed by atoms with van der Waals surface area (Å²) in [5, 5.41) is 7.05. The quantitative estimate of drug-likeness (QED) is 0.488. The topological polar surface area (TPSA) is 112 Å². The van der Waals surface area contributed by atoms with E-state index in [-0.39, 0.29) is 68.4 Å². The number of nitrogens with one attached hydrogen (secondary N) is 3. The highest BCUT2D eigenvalue weighted by molar-refractivity contribution is 7.80. The molecule has 1 aromatic heterocycles. The minimum atomic E-state index is -0.821. The van der Waals surface area contributed by atoms with Gasteiger partial charge in [-0.3, -0.25) is 9.91 Å². The van der Waals surface area contributed by atoms with Crippen molar-refractivity contribution in [3.63, 3.8) is 0 Å². The molecule has 14 heteroatoms. The molecule has 1 aromatic carbocycles. The Balaban J connectivity index is 1.38. The van der Waals surface area contributed by atoms with E-state index in [4.69, 9.17) is 26.1 Å². The van der Waals surface area contributed by atoms with Crippen LogP contribution in [0, 0.1) is 11.6 Å². The van der Waals surface area contributed by atoms with Crippen LogP contribution < -0.4 is 25.9 Å². The molecule has 0 spiro atoms. The molecule has 0 aliphatic carbocycles. The van der Waals surface area contributed by atoms with E-state index in [2.05, 4.69) is 16.1 Å². The Bertz CT molecular complexity index is 1080. The number of hydrazine groups is 1. The highest BCUT2D eigenvalue weighted by Gasteiger charge is 2.34. The van der Waals surface area contributed by atoms with Gasteiger partial charge in [0, 0.05) is 43.9 Å². The summed E-state index contributed by atoms with van der Waals surface area (Å²) in [7, 11) is 1.41. The zero-order valence-electron chi connectivity index (χ0n) is 19.5. The molecule has 36 heavy (non-hydrogen) atoms. The Labute approximate surface area is 211 Å². The fraction of sp³-hybridized carbons (Fsp3) is 0.409. The van der Waals surface area contributed by atoms with Gasteiger partial charge in [0.25, 0.3) is 5.17 Å². The second-order valence-electron chi connectivity index (χ2n) is 8.08. The number of anilines is 2. The molecule has 11 nitrogen and oxygen atoms in total. The molecule has 0 bridgehead atoms. The maximum Gasteiger partial charge on any atom is 0.414 e. The average molecular weight is 525 g/mol. The second-order valence-corrected chi connectivity index (χ2v) is 8.45. The highest BCUT2D eigenvalue weighted by Crippen LogP contribution is 2.31. The van der Waals surface area contributed by atoms with Gasteiger partial charge in [0.1, 0.15) is 11.8 Å². The Kier molecular flexibility index (Phi) is 8.05. The van der Waals surface area contributed by atoms with Crippen LogP contribution in [0.5, 0.6) is 0 Å². The standard InChI is InChI=1S/C22H26F2N6O5S/c1-33-21(36)26-11-16-12-29(22(32)35-16)15-8-17(23)19(18(24)9-15)28-4-3-27-30(6-5-28)20(31)25-10-14-2-7-34-13-14/h2,7-9,13,16,27H,3-6,10-12H2,1H3,(H,25,31)(H,26,36)/t16-/m0/s1. The van der Waals surface area contributed by atoms with Gasteiger partial charge in [-0.2, -0.15) is 0 Å². The summed E-state index contributed by atoms with van der Waals surface area (Å²) >= 11 is 4.89. The van der Waals surface area contributed by atoms with Crippen molar-refractivity contribution < 1.29 is 32.3 Å². The van der Waals surface area contributed by atoms with Crippen molar-refractivity contribution in [3.05, 3.63) is 47.9 Å². The lowest BCUT2D eigenvalue weighted by Crippen LogP contribution is -2.48. The summed E-state index contributed by atoms with van der Waals surface area (Å²) in [6.45, 7) is 1.51. The first kappa shape index (κ1) is 25.4. The molecule has 2 aliphatic heterocycles. The van der Waals surface area contributed by atoms with Crippen LogP contribution in [0.1, 0.15) is 5.56 Å². The number of hydrogen-bond donors (Lipinski definition) is 3. The van der Waals surface area contributed by atoms with Gasteiger partial charge in [0.15, 0.2) is 11.6 Å². The minimum Gasteiger partial charge on any atom is -0.474 e. The molecule has 3 amide bonds. The number of carbonyl (C=O) groups excluding carboxylic acids is 2. The van der Waals surface area contributed by atoms with Gasteiger partial charge < -0.3 is 29.4 Å². The number of urea groups is 1. The number of halogens is 2. The van der Waals surface area contributed by atoms with Crippen molar-refractivity contribution in [3.8, 4) is 0 Å². The fourth-order valence-electron chi connectivity index (χ4n) is 3.91. The van der Waals surface area contributed by atoms with Gasteiger partial charge in [-0.25, -0.2) is 23.8 Å². The molecule has 2 aromatic rings. The van der Waals surface area contributed by atoms with Crippen LogP contribution in [-0.4, -0.2) is 74.8 Å². The zero-order chi connectivity index (χ0) is 25.7. The Morgan fingerprint density at radius 2 is 2.03 bits per heavy atom. The number of furan rings is 1. The van der Waals surface area contributed by atoms with Gasteiger partial charge in [0.2, 0.25) is 0 Å². The molecule has 1 atom stereocenters. The first-order valence-electron chi connectivity index (χ1n) is 11.2. The lowest BCUT2D eigenvalue weighted by Gasteiger charge is -2.25. The maximum atomic E-state index is 15.1. The van der Waals surface area contributed by atoms with E-state index in [1.54, 1.807) is 6.07 Å². The van der Waals surface area contributed by atoms with Crippen LogP contribution >= 0.6 is 12.2 Å². The van der Waals surface area contributed by atoms with Crippen molar-refractivity contribution in [2.75, 3.05) is 56.2 Å². The molecule has 2 saturated heterocycles. The summed E-state index contributed by atoms with van der Waals surface area (Å²) in [4.78, 5) is 27.4. The second kappa shape index (κ2) is 11.4. The van der Waals surface area contributed by atoms with Crippen LogP contribution in [0.4, 0.5) is 29.7 Å². The van der Waals surface area contributed by atoms with Crippen molar-refractivity contribution in [1.29, 1.82) is 0 Å². The van der Waals surface area contributed by atoms with E-state index < -0.39 is 23.8 Å². The van der Waals surface area contributed by atoms with Crippen LogP contribution in [-0.2, 0) is 16.0 Å². The predicted molar refractivity (Wildman–Crippen MR) is 129 cm³/mol. The molecule has 2 fully saturated rings. The number of nitrogens with zero attached hydrogens (tertiary/aromatic N) is 3. The summed E-state index contributed by atoms with van der Waals surface area (Å²) in [5.41, 5.74) is 3.59. The van der Waals surface area contributed by atoms with Gasteiger partial charge >= 0.3 is 12.1 Å². The van der Waals surface area contributed by atoms with Gasteiger partial charge in [-0.15, -0.1) is 0 Å². The monoisotopic (exact) mass is 524 g/mol. The van der Waals surface area contributed by atoms with Crippen LogP contribution in [0.2, 0.25) is 0 Å². The fourth-order valence-corrected chi connectivity index (χ4v) is 4.00. The number of ether oxygens (including phenoxy) is 2. The third-order valence-electron chi connectivity index (χ3n) is 5.71. The molecular formula is C22H26F2N6O5S. The zero-order valence-corrected chi connectivity index (χ0v) is 20.3. The molecule has 0 saturated carbocycles. The average Bonchev–Trinajstić information content (AvgIpc) is 3.44. The lowest BCUT2D eigenvalue weighted by atomic mass is 10.2. The van der Waals surface area contributed by atoms with Crippen molar-refractivity contribution >= 4 is 40.9 Å². The summed E-state index contributed by atoms with van der Waals surface area (Å²) < 4.78 is 45.3. The maximum absolute atomic E-state index is 15.1. The number of cyclic esters (lactones) is 1. The third kappa shape index (κ3) is 5.94. The van der Waals surface area contributed by atoms with E-state index in [1.165, 1.54) is 29.5 Å². The van der Waals surface area contributed by atoms with E-state index in [0.717, 1.165) is 22.6 Å². The predicted octanol–water partition coefficient (Wildman–Crippen LogP) is 1.94. The summed E-state index contributed by atoms with van der Waals surface area (Å²) in [5.74, 6) is -1.64. The molecule has 0 radical (unpaired) electrons. The molecule has 3 heterocycles. The van der Waals surface area contributed by atoms with E-state index in [0.29, 0.717) is 0 Å².